The maximum atomic E-state index is 5.69. The quantitative estimate of drug-likeness (QED) is 0.864. The van der Waals surface area contributed by atoms with E-state index in [-0.39, 0.29) is 5.41 Å². The molecule has 2 fully saturated rings. The number of piperidine rings is 1. The average Bonchev–Trinajstić information content (AvgIpc) is 3.19. The number of fused-ring (bicyclic) bond motifs is 1. The van der Waals surface area contributed by atoms with Gasteiger partial charge in [0.25, 0.3) is 0 Å². The van der Waals surface area contributed by atoms with Gasteiger partial charge in [0.05, 0.1) is 5.41 Å². The van der Waals surface area contributed by atoms with Crippen molar-refractivity contribution in [3.05, 3.63) is 47.6 Å². The summed E-state index contributed by atoms with van der Waals surface area (Å²) in [5.74, 6) is 2.19. The minimum absolute atomic E-state index is 0.00962. The molecule has 3 heterocycles. The second kappa shape index (κ2) is 6.30. The highest BCUT2D eigenvalue weighted by Crippen LogP contribution is 2.44. The van der Waals surface area contributed by atoms with Gasteiger partial charge in [0.1, 0.15) is 0 Å². The van der Waals surface area contributed by atoms with Crippen molar-refractivity contribution in [3.63, 3.8) is 0 Å². The van der Waals surface area contributed by atoms with Crippen LogP contribution in [0.1, 0.15) is 30.6 Å². The van der Waals surface area contributed by atoms with Crippen molar-refractivity contribution in [1.82, 2.24) is 19.9 Å². The minimum atomic E-state index is -0.00962. The van der Waals surface area contributed by atoms with Crippen LogP contribution in [-0.2, 0) is 12.0 Å². The fraction of sp³-hybridized carbons (Fsp3) is 0.579. The zero-order valence-electron chi connectivity index (χ0n) is 14.6. The van der Waals surface area contributed by atoms with E-state index in [0.717, 1.165) is 44.4 Å². The summed E-state index contributed by atoms with van der Waals surface area (Å²) in [6, 6.07) is 10.7. The van der Waals surface area contributed by atoms with Crippen molar-refractivity contribution in [3.8, 4) is 0 Å². The molecule has 0 bridgehead atoms. The molecule has 24 heavy (non-hydrogen) atoms. The molecule has 0 unspecified atom stereocenters. The Labute approximate surface area is 143 Å². The van der Waals surface area contributed by atoms with Crippen LogP contribution in [0.25, 0.3) is 0 Å². The van der Waals surface area contributed by atoms with E-state index in [0.29, 0.717) is 5.92 Å². The van der Waals surface area contributed by atoms with Crippen LogP contribution in [0.3, 0.4) is 0 Å². The maximum absolute atomic E-state index is 5.69. The Kier molecular flexibility index (Phi) is 4.14. The van der Waals surface area contributed by atoms with Crippen LogP contribution in [0, 0.1) is 12.8 Å². The molecule has 0 aliphatic carbocycles. The first kappa shape index (κ1) is 15.8. The lowest BCUT2D eigenvalue weighted by molar-refractivity contribution is 0.0969. The molecular weight excluding hydrogens is 300 g/mol. The summed E-state index contributed by atoms with van der Waals surface area (Å²) < 4.78 is 5.69. The zero-order valence-corrected chi connectivity index (χ0v) is 14.6. The number of nitrogens with zero attached hydrogens (tertiary/aromatic N) is 4. The summed E-state index contributed by atoms with van der Waals surface area (Å²) in [6.45, 7) is 10.6. The Morgan fingerprint density at radius 1 is 1.21 bits per heavy atom. The summed E-state index contributed by atoms with van der Waals surface area (Å²) in [6.07, 6.45) is 1.21. The van der Waals surface area contributed by atoms with Crippen molar-refractivity contribution in [2.75, 3.05) is 32.7 Å². The predicted molar refractivity (Wildman–Crippen MR) is 92.7 cm³/mol. The van der Waals surface area contributed by atoms with Crippen LogP contribution >= 0.6 is 0 Å². The Morgan fingerprint density at radius 2 is 2.00 bits per heavy atom. The SMILES string of the molecule is CCN1CC[C@H]2CN(Cc3ccccc3)C[C@@]2(c2nc(C)no2)C1. The van der Waals surface area contributed by atoms with Crippen molar-refractivity contribution < 1.29 is 4.52 Å². The molecule has 0 saturated carbocycles. The van der Waals surface area contributed by atoms with E-state index in [1.807, 2.05) is 6.92 Å². The van der Waals surface area contributed by atoms with Gasteiger partial charge in [-0.2, -0.15) is 4.98 Å². The first-order chi connectivity index (χ1) is 11.7. The molecule has 5 heteroatoms. The van der Waals surface area contributed by atoms with E-state index in [2.05, 4.69) is 57.2 Å². The Balaban J connectivity index is 1.61. The topological polar surface area (TPSA) is 45.4 Å². The van der Waals surface area contributed by atoms with Crippen molar-refractivity contribution in [2.45, 2.75) is 32.2 Å². The van der Waals surface area contributed by atoms with Gasteiger partial charge >= 0.3 is 0 Å². The maximum Gasteiger partial charge on any atom is 0.235 e. The number of hydrogen-bond acceptors (Lipinski definition) is 5. The van der Waals surface area contributed by atoms with Crippen LogP contribution in [0.5, 0.6) is 0 Å². The van der Waals surface area contributed by atoms with Gasteiger partial charge in [-0.05, 0) is 37.9 Å². The van der Waals surface area contributed by atoms with Gasteiger partial charge in [0.2, 0.25) is 5.89 Å². The van der Waals surface area contributed by atoms with Crippen LogP contribution in [-0.4, -0.2) is 52.7 Å². The summed E-state index contributed by atoms with van der Waals surface area (Å²) in [5.41, 5.74) is 1.37. The Morgan fingerprint density at radius 3 is 2.71 bits per heavy atom. The number of rotatable bonds is 4. The Bertz CT molecular complexity index is 686. The smallest absolute Gasteiger partial charge is 0.235 e. The molecule has 0 radical (unpaired) electrons. The monoisotopic (exact) mass is 326 g/mol. The fourth-order valence-corrected chi connectivity index (χ4v) is 4.48. The van der Waals surface area contributed by atoms with Gasteiger partial charge in [0.15, 0.2) is 5.82 Å². The highest BCUT2D eigenvalue weighted by molar-refractivity contribution is 5.20. The molecule has 0 spiro atoms. The Hall–Kier alpha value is -1.72. The first-order valence-corrected chi connectivity index (χ1v) is 8.99. The predicted octanol–water partition coefficient (Wildman–Crippen LogP) is 2.47. The van der Waals surface area contributed by atoms with E-state index in [9.17, 15) is 0 Å². The van der Waals surface area contributed by atoms with Gasteiger partial charge < -0.3 is 9.42 Å². The highest BCUT2D eigenvalue weighted by atomic mass is 16.5. The number of benzene rings is 1. The third-order valence-corrected chi connectivity index (χ3v) is 5.72. The molecule has 2 atom stereocenters. The summed E-state index contributed by atoms with van der Waals surface area (Å²) >= 11 is 0. The van der Waals surface area contributed by atoms with E-state index in [1.165, 1.54) is 18.5 Å². The lowest BCUT2D eigenvalue weighted by Crippen LogP contribution is -2.51. The normalized spacial score (nSPS) is 28.2. The van der Waals surface area contributed by atoms with E-state index in [1.54, 1.807) is 0 Å². The van der Waals surface area contributed by atoms with Crippen molar-refractivity contribution >= 4 is 0 Å². The van der Waals surface area contributed by atoms with E-state index >= 15 is 0 Å². The standard InChI is InChI=1S/C19H26N4O/c1-3-22-10-9-17-12-23(11-16-7-5-4-6-8-16)14-19(17,13-22)18-20-15(2)21-24-18/h4-8,17H,3,9-14H2,1-2H3/t17-,19-/m0/s1. The molecule has 2 aromatic rings. The van der Waals surface area contributed by atoms with Gasteiger partial charge in [-0.3, -0.25) is 4.90 Å². The van der Waals surface area contributed by atoms with Crippen LogP contribution in [0.4, 0.5) is 0 Å². The molecule has 0 amide bonds. The van der Waals surface area contributed by atoms with Crippen LogP contribution in [0.15, 0.2) is 34.9 Å². The third kappa shape index (κ3) is 2.76. The number of likely N-dealkylation sites (N-methyl/N-ethyl adjacent to an activating group) is 1. The summed E-state index contributed by atoms with van der Waals surface area (Å²) in [7, 11) is 0. The third-order valence-electron chi connectivity index (χ3n) is 5.72. The van der Waals surface area contributed by atoms with Crippen LogP contribution in [0.2, 0.25) is 0 Å². The van der Waals surface area contributed by atoms with E-state index < -0.39 is 0 Å². The molecule has 2 aliphatic rings. The number of aromatic nitrogens is 2. The molecule has 2 saturated heterocycles. The molecule has 2 aliphatic heterocycles. The lowest BCUT2D eigenvalue weighted by atomic mass is 9.73. The second-order valence-corrected chi connectivity index (χ2v) is 7.31. The van der Waals surface area contributed by atoms with Crippen LogP contribution < -0.4 is 0 Å². The second-order valence-electron chi connectivity index (χ2n) is 7.31. The minimum Gasteiger partial charge on any atom is -0.339 e. The molecule has 128 valence electrons. The van der Waals surface area contributed by atoms with Gasteiger partial charge in [-0.25, -0.2) is 0 Å². The number of aryl methyl sites for hydroxylation is 1. The zero-order chi connectivity index (χ0) is 16.6. The fourth-order valence-electron chi connectivity index (χ4n) is 4.48. The molecule has 4 rings (SSSR count). The van der Waals surface area contributed by atoms with Gasteiger partial charge in [-0.15, -0.1) is 0 Å². The average molecular weight is 326 g/mol. The number of likely N-dealkylation sites (tertiary alicyclic amines) is 2. The van der Waals surface area contributed by atoms with Crippen molar-refractivity contribution in [2.24, 2.45) is 5.92 Å². The molecule has 5 nitrogen and oxygen atoms in total. The first-order valence-electron chi connectivity index (χ1n) is 8.99. The number of hydrogen-bond donors (Lipinski definition) is 0. The highest BCUT2D eigenvalue weighted by Gasteiger charge is 2.53. The summed E-state index contributed by atoms with van der Waals surface area (Å²) in [4.78, 5) is 9.74. The molecule has 1 aromatic carbocycles. The molecule has 0 N–H and O–H groups in total. The summed E-state index contributed by atoms with van der Waals surface area (Å²) in [5, 5.41) is 4.08. The lowest BCUT2D eigenvalue weighted by Gasteiger charge is -2.41. The van der Waals surface area contributed by atoms with E-state index in [4.69, 9.17) is 4.52 Å². The molecular formula is C19H26N4O. The van der Waals surface area contributed by atoms with Gasteiger partial charge in [0, 0.05) is 26.2 Å². The largest absolute Gasteiger partial charge is 0.339 e. The van der Waals surface area contributed by atoms with Crippen molar-refractivity contribution in [1.29, 1.82) is 0 Å². The molecule has 1 aromatic heterocycles. The van der Waals surface area contributed by atoms with Gasteiger partial charge in [-0.1, -0.05) is 42.4 Å².